The van der Waals surface area contributed by atoms with Gasteiger partial charge < -0.3 is 21.3 Å². The average molecular weight is 986 g/mol. The van der Waals surface area contributed by atoms with Gasteiger partial charge >= 0.3 is 0 Å². The van der Waals surface area contributed by atoms with Crippen LogP contribution in [-0.2, 0) is 32.0 Å². The molecule has 330 valence electrons. The lowest BCUT2D eigenvalue weighted by atomic mass is 10.0. The second-order valence-electron chi connectivity index (χ2n) is 13.7. The van der Waals surface area contributed by atoms with Crippen LogP contribution in [0.5, 0.6) is 0 Å². The smallest absolute Gasteiger partial charge is 0.258 e. The first-order valence-electron chi connectivity index (χ1n) is 19.1. The number of carbonyl (C=O) groups is 6. The van der Waals surface area contributed by atoms with Gasteiger partial charge in [-0.15, -0.1) is 0 Å². The Morgan fingerprint density at radius 3 is 1.20 bits per heavy atom. The van der Waals surface area contributed by atoms with Gasteiger partial charge in [0.2, 0.25) is 12.1 Å². The van der Waals surface area contributed by atoms with Gasteiger partial charge in [0.05, 0.1) is 64.0 Å². The molecule has 0 saturated carbocycles. The highest BCUT2D eigenvalue weighted by atomic mass is 35.5. The fourth-order valence-electron chi connectivity index (χ4n) is 5.87. The predicted octanol–water partition coefficient (Wildman–Crippen LogP) is 12.6. The first kappa shape index (κ1) is 49.3. The molecular weight excluding hydrogens is 949 g/mol. The third-order valence-corrected chi connectivity index (χ3v) is 11.5. The standard InChI is InChI=1S/C44H36Cl6N8O6/c1-5-23-17-36(54-44(64)40(22(4)60)58-56-26-14-16-30(46)28(20-26)42(62)52-34-12-8-10-32(48)38(34)50)24(6-2)18-35(23)53-43(63)39(21(3)59)57-55-25-13-15-29(45)27(19-25)41(61)51-33-11-7-9-31(47)37(33)49/h7-20,39-40H,5-6H2,1-4H3,(H,51,61)(H,52,62)(H,53,63)(H,54,64). The Labute approximate surface area is 397 Å². The number of hydrogen-bond donors (Lipinski definition) is 4. The Kier molecular flexibility index (Phi) is 17.1. The molecule has 0 heterocycles. The fourth-order valence-corrected chi connectivity index (χ4v) is 6.98. The van der Waals surface area contributed by atoms with E-state index in [-0.39, 0.29) is 64.0 Å². The molecule has 64 heavy (non-hydrogen) atoms. The lowest BCUT2D eigenvalue weighted by Gasteiger charge is -2.18. The van der Waals surface area contributed by atoms with Crippen LogP contribution in [0, 0.1) is 0 Å². The Bertz CT molecular complexity index is 2560. The first-order valence-corrected chi connectivity index (χ1v) is 21.4. The van der Waals surface area contributed by atoms with Crippen molar-refractivity contribution in [3.8, 4) is 0 Å². The molecule has 2 atom stereocenters. The predicted molar refractivity (Wildman–Crippen MR) is 252 cm³/mol. The highest BCUT2D eigenvalue weighted by Gasteiger charge is 2.27. The fraction of sp³-hybridized carbons (Fsp3) is 0.182. The van der Waals surface area contributed by atoms with Crippen molar-refractivity contribution >= 4 is 139 Å². The second-order valence-corrected chi connectivity index (χ2v) is 16.1. The van der Waals surface area contributed by atoms with Gasteiger partial charge in [-0.25, -0.2) is 0 Å². The number of nitrogens with one attached hydrogen (secondary N) is 4. The summed E-state index contributed by atoms with van der Waals surface area (Å²) in [6, 6.07) is 18.0. The van der Waals surface area contributed by atoms with Gasteiger partial charge in [0.15, 0.2) is 11.6 Å². The van der Waals surface area contributed by atoms with Crippen LogP contribution in [-0.4, -0.2) is 47.3 Å². The molecule has 5 aromatic carbocycles. The van der Waals surface area contributed by atoms with E-state index in [1.807, 2.05) is 13.8 Å². The summed E-state index contributed by atoms with van der Waals surface area (Å²) in [5, 5.41) is 27.9. The zero-order valence-electron chi connectivity index (χ0n) is 34.2. The van der Waals surface area contributed by atoms with Gasteiger partial charge in [-0.3, -0.25) is 28.8 Å². The minimum Gasteiger partial charge on any atom is -0.323 e. The summed E-state index contributed by atoms with van der Waals surface area (Å²) in [5.74, 6) is -4.06. The normalized spacial score (nSPS) is 12.2. The van der Waals surface area contributed by atoms with Gasteiger partial charge in [-0.1, -0.05) is 95.6 Å². The van der Waals surface area contributed by atoms with Crippen molar-refractivity contribution in [2.24, 2.45) is 20.5 Å². The summed E-state index contributed by atoms with van der Waals surface area (Å²) in [6.45, 7) is 5.99. The zero-order valence-corrected chi connectivity index (χ0v) is 38.7. The molecular formula is C44H36Cl6N8O6. The number of halogens is 6. The van der Waals surface area contributed by atoms with E-state index in [4.69, 9.17) is 69.6 Å². The topological polar surface area (TPSA) is 200 Å². The average Bonchev–Trinajstić information content (AvgIpc) is 3.25. The van der Waals surface area contributed by atoms with Crippen molar-refractivity contribution in [2.45, 2.75) is 52.6 Å². The molecule has 4 amide bonds. The molecule has 0 spiro atoms. The Hall–Kier alpha value is -5.74. The molecule has 0 saturated heterocycles. The van der Waals surface area contributed by atoms with Crippen LogP contribution in [0.25, 0.3) is 0 Å². The van der Waals surface area contributed by atoms with E-state index in [1.165, 1.54) is 50.2 Å². The lowest BCUT2D eigenvalue weighted by molar-refractivity contribution is -0.127. The number of rotatable bonds is 16. The molecule has 0 aliphatic carbocycles. The van der Waals surface area contributed by atoms with Crippen LogP contribution < -0.4 is 21.3 Å². The maximum atomic E-state index is 13.6. The molecule has 2 unspecified atom stereocenters. The molecule has 0 radical (unpaired) electrons. The molecule has 0 fully saturated rings. The summed E-state index contributed by atoms with van der Waals surface area (Å²) in [5.41, 5.74) is 2.61. The first-order chi connectivity index (χ1) is 30.4. The molecule has 20 heteroatoms. The van der Waals surface area contributed by atoms with Crippen LogP contribution in [0.15, 0.2) is 105 Å². The summed E-state index contributed by atoms with van der Waals surface area (Å²) >= 11 is 37.2. The van der Waals surface area contributed by atoms with E-state index in [1.54, 1.807) is 48.5 Å². The number of aryl methyl sites for hydroxylation is 2. The molecule has 14 nitrogen and oxygen atoms in total. The maximum absolute atomic E-state index is 13.6. The second kappa shape index (κ2) is 22.2. The van der Waals surface area contributed by atoms with Gasteiger partial charge in [0.25, 0.3) is 23.6 Å². The number of azo groups is 2. The third-order valence-electron chi connectivity index (χ3n) is 9.24. The quantitative estimate of drug-likeness (QED) is 0.0560. The van der Waals surface area contributed by atoms with Crippen LogP contribution in [0.4, 0.5) is 34.1 Å². The summed E-state index contributed by atoms with van der Waals surface area (Å²) < 4.78 is 0. The van der Waals surface area contributed by atoms with Crippen LogP contribution in [0.3, 0.4) is 0 Å². The number of Topliss-reactive ketones (excluding diaryl/α,β-unsaturated/α-hetero) is 2. The highest BCUT2D eigenvalue weighted by molar-refractivity contribution is 6.45. The minimum absolute atomic E-state index is 0.0152. The van der Waals surface area contributed by atoms with E-state index in [0.717, 1.165) is 0 Å². The van der Waals surface area contributed by atoms with Crippen LogP contribution in [0.1, 0.15) is 59.5 Å². The molecule has 5 rings (SSSR count). The molecule has 4 N–H and O–H groups in total. The number of amides is 4. The summed E-state index contributed by atoms with van der Waals surface area (Å²) in [4.78, 5) is 78.7. The van der Waals surface area contributed by atoms with Crippen molar-refractivity contribution < 1.29 is 28.8 Å². The van der Waals surface area contributed by atoms with Gasteiger partial charge in [0, 0.05) is 11.4 Å². The van der Waals surface area contributed by atoms with Gasteiger partial charge in [-0.2, -0.15) is 20.5 Å². The highest BCUT2D eigenvalue weighted by Crippen LogP contribution is 2.33. The molecule has 0 bridgehead atoms. The zero-order chi connectivity index (χ0) is 46.8. The Morgan fingerprint density at radius 2 is 0.859 bits per heavy atom. The van der Waals surface area contributed by atoms with E-state index in [0.29, 0.717) is 35.3 Å². The van der Waals surface area contributed by atoms with Crippen molar-refractivity contribution in [3.63, 3.8) is 0 Å². The van der Waals surface area contributed by atoms with Crippen LogP contribution in [0.2, 0.25) is 30.1 Å². The number of anilines is 4. The molecule has 0 aliphatic rings. The SMILES string of the molecule is CCc1cc(NC(=O)C(N=Nc2ccc(Cl)c(C(=O)Nc3cccc(Cl)c3Cl)c2)C(C)=O)c(CC)cc1NC(=O)C(N=Nc1ccc(Cl)c(C(=O)Nc2cccc(Cl)c2Cl)c1)C(C)=O. The van der Waals surface area contributed by atoms with Crippen molar-refractivity contribution in [1.29, 1.82) is 0 Å². The number of benzene rings is 5. The molecule has 0 aliphatic heterocycles. The largest absolute Gasteiger partial charge is 0.323 e. The number of ketones is 2. The third kappa shape index (κ3) is 12.3. The number of hydrogen-bond acceptors (Lipinski definition) is 10. The van der Waals surface area contributed by atoms with Crippen molar-refractivity contribution in [1.82, 2.24) is 0 Å². The minimum atomic E-state index is -1.58. The van der Waals surface area contributed by atoms with E-state index in [2.05, 4.69) is 41.7 Å². The molecule has 0 aromatic heterocycles. The maximum Gasteiger partial charge on any atom is 0.258 e. The van der Waals surface area contributed by atoms with Crippen molar-refractivity contribution in [3.05, 3.63) is 137 Å². The number of carbonyl (C=O) groups excluding carboxylic acids is 6. The Balaban J connectivity index is 1.31. The number of nitrogens with zero attached hydrogens (tertiary/aromatic N) is 4. The van der Waals surface area contributed by atoms with E-state index < -0.39 is 47.3 Å². The van der Waals surface area contributed by atoms with Crippen molar-refractivity contribution in [2.75, 3.05) is 21.3 Å². The van der Waals surface area contributed by atoms with E-state index >= 15 is 0 Å². The van der Waals surface area contributed by atoms with Crippen LogP contribution >= 0.6 is 69.6 Å². The summed E-state index contributed by atoms with van der Waals surface area (Å²) in [6.07, 6.45) is 0.743. The van der Waals surface area contributed by atoms with Gasteiger partial charge in [-0.05, 0) is 111 Å². The van der Waals surface area contributed by atoms with E-state index in [9.17, 15) is 28.8 Å². The molecule has 5 aromatic rings. The summed E-state index contributed by atoms with van der Waals surface area (Å²) in [7, 11) is 0. The monoisotopic (exact) mass is 982 g/mol. The lowest BCUT2D eigenvalue weighted by Crippen LogP contribution is -2.33. The Morgan fingerprint density at radius 1 is 0.484 bits per heavy atom. The van der Waals surface area contributed by atoms with Gasteiger partial charge in [0.1, 0.15) is 0 Å².